The molecule has 0 saturated heterocycles. The molecule has 0 fully saturated rings. The van der Waals surface area contributed by atoms with Crippen molar-refractivity contribution in [2.75, 3.05) is 12.5 Å². The van der Waals surface area contributed by atoms with Gasteiger partial charge in [0.1, 0.15) is 10.8 Å². The van der Waals surface area contributed by atoms with Crippen LogP contribution in [-0.4, -0.2) is 29.5 Å². The molecule has 0 spiro atoms. The van der Waals surface area contributed by atoms with Crippen LogP contribution in [0.25, 0.3) is 0 Å². The summed E-state index contributed by atoms with van der Waals surface area (Å²) in [7, 11) is 2.70. The lowest BCUT2D eigenvalue weighted by molar-refractivity contribution is -0.163. The van der Waals surface area contributed by atoms with Gasteiger partial charge in [0, 0.05) is 13.1 Å². The number of hydrogen-bond acceptors (Lipinski definition) is 7. The van der Waals surface area contributed by atoms with Crippen LogP contribution >= 0.6 is 21.6 Å². The molecule has 0 N–H and O–H groups in total. The average molecular weight is 273 g/mol. The molecular formula is C10H11NO4S2. The lowest BCUT2D eigenvalue weighted by Crippen LogP contribution is -2.12. The lowest BCUT2D eigenvalue weighted by atomic mass is 10.5. The highest BCUT2D eigenvalue weighted by Gasteiger charge is 2.05. The molecule has 0 atom stereocenters. The number of carbonyl (C=O) groups excluding carboxylic acids is 2. The molecule has 0 saturated carbocycles. The van der Waals surface area contributed by atoms with E-state index in [1.165, 1.54) is 28.5 Å². The molecule has 1 aromatic heterocycles. The highest BCUT2D eigenvalue weighted by atomic mass is 33.1. The van der Waals surface area contributed by atoms with Crippen LogP contribution in [0.4, 0.5) is 0 Å². The molecule has 0 aliphatic heterocycles. The normalized spacial score (nSPS) is 9.71. The highest BCUT2D eigenvalue weighted by Crippen LogP contribution is 2.28. The molecule has 0 aliphatic rings. The van der Waals surface area contributed by atoms with Gasteiger partial charge in [-0.05, 0) is 22.9 Å². The van der Waals surface area contributed by atoms with Gasteiger partial charge in [0.05, 0.1) is 0 Å². The van der Waals surface area contributed by atoms with E-state index in [-0.39, 0.29) is 12.5 Å². The van der Waals surface area contributed by atoms with Gasteiger partial charge in [0.2, 0.25) is 6.79 Å². The summed E-state index contributed by atoms with van der Waals surface area (Å²) >= 11 is 0. The first-order valence-corrected chi connectivity index (χ1v) is 7.00. The van der Waals surface area contributed by atoms with Crippen LogP contribution in [-0.2, 0) is 19.1 Å². The van der Waals surface area contributed by atoms with Gasteiger partial charge in [-0.2, -0.15) is 0 Å². The summed E-state index contributed by atoms with van der Waals surface area (Å²) in [5, 5.41) is 0.824. The molecule has 92 valence electrons. The monoisotopic (exact) mass is 273 g/mol. The van der Waals surface area contributed by atoms with E-state index in [2.05, 4.69) is 14.5 Å². The van der Waals surface area contributed by atoms with Crippen molar-refractivity contribution < 1.29 is 19.1 Å². The Morgan fingerprint density at radius 3 is 2.82 bits per heavy atom. The molecule has 0 aliphatic carbocycles. The van der Waals surface area contributed by atoms with E-state index in [0.717, 1.165) is 5.03 Å². The largest absolute Gasteiger partial charge is 0.428 e. The topological polar surface area (TPSA) is 65.5 Å². The molecule has 0 bridgehead atoms. The van der Waals surface area contributed by atoms with Crippen molar-refractivity contribution in [3.63, 3.8) is 0 Å². The standard InChI is InChI=1S/C10H11NO4S2/c1-8(12)14-7-15-10(13)6-16-17-9-4-2-3-5-11-9/h2-5H,6-7H2,1H3. The number of nitrogens with zero attached hydrogens (tertiary/aromatic N) is 1. The summed E-state index contributed by atoms with van der Waals surface area (Å²) in [6.45, 7) is 0.919. The van der Waals surface area contributed by atoms with Gasteiger partial charge in [0.15, 0.2) is 0 Å². The molecule has 7 heteroatoms. The fourth-order valence-electron chi connectivity index (χ4n) is 0.754. The van der Waals surface area contributed by atoms with Gasteiger partial charge in [-0.1, -0.05) is 16.9 Å². The highest BCUT2D eigenvalue weighted by molar-refractivity contribution is 8.76. The van der Waals surface area contributed by atoms with Crippen LogP contribution in [0.5, 0.6) is 0 Å². The van der Waals surface area contributed by atoms with Crippen LogP contribution in [0.1, 0.15) is 6.92 Å². The maximum absolute atomic E-state index is 11.1. The first-order valence-electron chi connectivity index (χ1n) is 4.68. The number of esters is 2. The second-order valence-corrected chi connectivity index (χ2v) is 5.10. The maximum Gasteiger partial charge on any atom is 0.319 e. The minimum absolute atomic E-state index is 0.169. The summed E-state index contributed by atoms with van der Waals surface area (Å²) < 4.78 is 9.12. The molecule has 0 radical (unpaired) electrons. The third-order valence-corrected chi connectivity index (χ3v) is 3.54. The molecule has 0 aromatic carbocycles. The van der Waals surface area contributed by atoms with Crippen molar-refractivity contribution in [2.45, 2.75) is 11.9 Å². The Bertz CT molecular complexity index is 372. The Morgan fingerprint density at radius 1 is 1.35 bits per heavy atom. The lowest BCUT2D eigenvalue weighted by Gasteiger charge is -2.03. The van der Waals surface area contributed by atoms with E-state index in [1.54, 1.807) is 6.20 Å². The zero-order chi connectivity index (χ0) is 12.5. The van der Waals surface area contributed by atoms with E-state index in [0.29, 0.717) is 0 Å². The van der Waals surface area contributed by atoms with Crippen molar-refractivity contribution >= 4 is 33.5 Å². The van der Waals surface area contributed by atoms with Gasteiger partial charge in [-0.15, -0.1) is 0 Å². The summed E-state index contributed by atoms with van der Waals surface area (Å²) in [4.78, 5) is 25.6. The van der Waals surface area contributed by atoms with Gasteiger partial charge in [0.25, 0.3) is 0 Å². The SMILES string of the molecule is CC(=O)OCOC(=O)CSSc1ccccn1. The molecule has 0 unspecified atom stereocenters. The Morgan fingerprint density at radius 2 is 2.18 bits per heavy atom. The van der Waals surface area contributed by atoms with Gasteiger partial charge < -0.3 is 9.47 Å². The van der Waals surface area contributed by atoms with E-state index in [4.69, 9.17) is 0 Å². The third kappa shape index (κ3) is 6.85. The Balaban J connectivity index is 2.10. The fourth-order valence-corrected chi connectivity index (χ4v) is 2.47. The predicted molar refractivity (Wildman–Crippen MR) is 65.3 cm³/mol. The number of aromatic nitrogens is 1. The fraction of sp³-hybridized carbons (Fsp3) is 0.300. The van der Waals surface area contributed by atoms with Crippen molar-refractivity contribution in [3.05, 3.63) is 24.4 Å². The smallest absolute Gasteiger partial charge is 0.319 e. The molecule has 17 heavy (non-hydrogen) atoms. The minimum atomic E-state index is -0.478. The summed E-state index contributed by atoms with van der Waals surface area (Å²) in [5.41, 5.74) is 0. The van der Waals surface area contributed by atoms with Crippen molar-refractivity contribution in [1.29, 1.82) is 0 Å². The van der Waals surface area contributed by atoms with Crippen LogP contribution in [0, 0.1) is 0 Å². The number of rotatable bonds is 6. The number of hydrogen-bond donors (Lipinski definition) is 0. The van der Waals surface area contributed by atoms with Gasteiger partial charge >= 0.3 is 11.9 Å². The summed E-state index contributed by atoms with van der Waals surface area (Å²) in [5.74, 6) is -0.740. The first-order chi connectivity index (χ1) is 8.18. The van der Waals surface area contributed by atoms with Gasteiger partial charge in [-0.3, -0.25) is 9.59 Å². The van der Waals surface area contributed by atoms with E-state index >= 15 is 0 Å². The van der Waals surface area contributed by atoms with E-state index < -0.39 is 11.9 Å². The number of carbonyl (C=O) groups is 2. The average Bonchev–Trinajstić information content (AvgIpc) is 2.30. The third-order valence-electron chi connectivity index (χ3n) is 1.44. The van der Waals surface area contributed by atoms with Crippen LogP contribution in [0.3, 0.4) is 0 Å². The molecular weight excluding hydrogens is 262 g/mol. The van der Waals surface area contributed by atoms with Gasteiger partial charge in [-0.25, -0.2) is 4.98 Å². The zero-order valence-electron chi connectivity index (χ0n) is 9.12. The van der Waals surface area contributed by atoms with Crippen LogP contribution < -0.4 is 0 Å². The summed E-state index contributed by atoms with van der Waals surface area (Å²) in [6.07, 6.45) is 1.68. The van der Waals surface area contributed by atoms with Crippen LogP contribution in [0.2, 0.25) is 0 Å². The molecule has 1 heterocycles. The molecule has 1 aromatic rings. The molecule has 5 nitrogen and oxygen atoms in total. The quantitative estimate of drug-likeness (QED) is 0.445. The maximum atomic E-state index is 11.1. The summed E-state index contributed by atoms with van der Waals surface area (Å²) in [6, 6.07) is 5.54. The van der Waals surface area contributed by atoms with Crippen LogP contribution in [0.15, 0.2) is 29.4 Å². The molecule has 0 amide bonds. The number of pyridine rings is 1. The Hall–Kier alpha value is -1.21. The molecule has 1 rings (SSSR count). The Labute approximate surface area is 107 Å². The van der Waals surface area contributed by atoms with E-state index in [1.807, 2.05) is 18.2 Å². The second-order valence-electron chi connectivity index (χ2n) is 2.78. The number of ether oxygens (including phenoxy) is 2. The zero-order valence-corrected chi connectivity index (χ0v) is 10.8. The predicted octanol–water partition coefficient (Wildman–Crippen LogP) is 1.89. The minimum Gasteiger partial charge on any atom is -0.428 e. The van der Waals surface area contributed by atoms with E-state index in [9.17, 15) is 9.59 Å². The van der Waals surface area contributed by atoms with Crippen molar-refractivity contribution in [1.82, 2.24) is 4.98 Å². The first kappa shape index (κ1) is 13.9. The second kappa shape index (κ2) is 7.97. The van der Waals surface area contributed by atoms with Crippen molar-refractivity contribution in [2.24, 2.45) is 0 Å². The van der Waals surface area contributed by atoms with Crippen molar-refractivity contribution in [3.8, 4) is 0 Å². The Kier molecular flexibility index (Phi) is 6.49.